The molecular weight excluding hydrogens is 352 g/mol. The fraction of sp³-hybridized carbons (Fsp3) is 0.389. The van der Waals surface area contributed by atoms with Gasteiger partial charge in [-0.2, -0.15) is 0 Å². The third kappa shape index (κ3) is 4.19. The van der Waals surface area contributed by atoms with E-state index in [0.717, 1.165) is 30.4 Å². The number of benzene rings is 1. The Morgan fingerprint density at radius 1 is 1.31 bits per heavy atom. The van der Waals surface area contributed by atoms with E-state index in [2.05, 4.69) is 15.3 Å². The zero-order valence-corrected chi connectivity index (χ0v) is 15.7. The van der Waals surface area contributed by atoms with Gasteiger partial charge in [0.15, 0.2) is 9.84 Å². The number of nitrogens with zero attached hydrogens (tertiary/aromatic N) is 3. The summed E-state index contributed by atoms with van der Waals surface area (Å²) in [4.78, 5) is 22.9. The largest absolute Gasteiger partial charge is 0.324 e. The van der Waals surface area contributed by atoms with Crippen molar-refractivity contribution in [2.75, 3.05) is 24.7 Å². The third-order valence-corrected chi connectivity index (χ3v) is 5.72. The molecule has 2 heterocycles. The molecule has 8 heteroatoms. The molecule has 3 rings (SSSR count). The maximum absolute atomic E-state index is 12.7. The maximum Gasteiger partial charge on any atom is 0.321 e. The highest BCUT2D eigenvalue weighted by molar-refractivity contribution is 7.90. The lowest BCUT2D eigenvalue weighted by Crippen LogP contribution is -2.41. The first-order valence-corrected chi connectivity index (χ1v) is 10.4. The summed E-state index contributed by atoms with van der Waals surface area (Å²) in [7, 11) is -3.33. The number of urea groups is 1. The van der Waals surface area contributed by atoms with Crippen LogP contribution in [-0.2, 0) is 9.84 Å². The second kappa shape index (κ2) is 7.41. The van der Waals surface area contributed by atoms with Gasteiger partial charge in [0.05, 0.1) is 4.90 Å². The Balaban J connectivity index is 1.74. The van der Waals surface area contributed by atoms with Gasteiger partial charge in [-0.25, -0.2) is 23.2 Å². The zero-order chi connectivity index (χ0) is 18.7. The normalized spacial score (nSPS) is 17.8. The second-order valence-electron chi connectivity index (χ2n) is 6.60. The maximum atomic E-state index is 12.7. The molecule has 138 valence electrons. The number of carbonyl (C=O) groups is 1. The van der Waals surface area contributed by atoms with Gasteiger partial charge in [0.25, 0.3) is 0 Å². The van der Waals surface area contributed by atoms with Gasteiger partial charge >= 0.3 is 6.03 Å². The van der Waals surface area contributed by atoms with E-state index in [1.54, 1.807) is 23.2 Å². The van der Waals surface area contributed by atoms with Crippen LogP contribution in [0.1, 0.15) is 30.0 Å². The van der Waals surface area contributed by atoms with Crippen LogP contribution in [0.15, 0.2) is 41.7 Å². The van der Waals surface area contributed by atoms with E-state index >= 15 is 0 Å². The van der Waals surface area contributed by atoms with Crippen LogP contribution in [0.2, 0.25) is 0 Å². The predicted octanol–water partition coefficient (Wildman–Crippen LogP) is 2.60. The van der Waals surface area contributed by atoms with Crippen molar-refractivity contribution in [2.45, 2.75) is 30.6 Å². The molecule has 0 spiro atoms. The summed E-state index contributed by atoms with van der Waals surface area (Å²) in [6, 6.07) is 6.41. The number of aromatic nitrogens is 2. The van der Waals surface area contributed by atoms with E-state index in [1.165, 1.54) is 12.4 Å². The van der Waals surface area contributed by atoms with Crippen LogP contribution < -0.4 is 5.32 Å². The SMILES string of the molecule is Cc1ccc(S(C)(=O)=O)cc1NC(=O)N1CCC[C@H](c2ccncn2)C1. The Labute approximate surface area is 153 Å². The van der Waals surface area contributed by atoms with Gasteiger partial charge in [-0.15, -0.1) is 0 Å². The number of likely N-dealkylation sites (tertiary alicyclic amines) is 1. The third-order valence-electron chi connectivity index (χ3n) is 4.61. The Kier molecular flexibility index (Phi) is 5.22. The quantitative estimate of drug-likeness (QED) is 0.891. The molecule has 1 fully saturated rings. The lowest BCUT2D eigenvalue weighted by molar-refractivity contribution is 0.192. The Morgan fingerprint density at radius 2 is 2.12 bits per heavy atom. The standard InChI is InChI=1S/C18H22N4O3S/c1-13-5-6-15(26(2,24)25)10-17(13)21-18(23)22-9-3-4-14(11-22)16-7-8-19-12-20-16/h5-8,10,12,14H,3-4,9,11H2,1-2H3,(H,21,23)/t14-/m0/s1. The molecular formula is C18H22N4O3S. The van der Waals surface area contributed by atoms with Crippen molar-refractivity contribution in [1.82, 2.24) is 14.9 Å². The number of anilines is 1. The van der Waals surface area contributed by atoms with Crippen molar-refractivity contribution in [3.05, 3.63) is 48.0 Å². The number of carbonyl (C=O) groups excluding carboxylic acids is 1. The molecule has 1 N–H and O–H groups in total. The average molecular weight is 374 g/mol. The van der Waals surface area contributed by atoms with Crippen molar-refractivity contribution in [3.8, 4) is 0 Å². The molecule has 1 saturated heterocycles. The molecule has 26 heavy (non-hydrogen) atoms. The van der Waals surface area contributed by atoms with Gasteiger partial charge in [0.2, 0.25) is 0 Å². The molecule has 1 aromatic carbocycles. The lowest BCUT2D eigenvalue weighted by atomic mass is 9.95. The molecule has 1 aliphatic heterocycles. The minimum atomic E-state index is -3.33. The molecule has 2 amide bonds. The molecule has 0 aliphatic carbocycles. The highest BCUT2D eigenvalue weighted by Crippen LogP contribution is 2.26. The summed E-state index contributed by atoms with van der Waals surface area (Å²) in [5, 5.41) is 2.85. The molecule has 0 radical (unpaired) electrons. The summed E-state index contributed by atoms with van der Waals surface area (Å²) in [5.74, 6) is 0.181. The number of sulfone groups is 1. The van der Waals surface area contributed by atoms with Crippen LogP contribution in [0.25, 0.3) is 0 Å². The molecule has 1 aromatic heterocycles. The summed E-state index contributed by atoms with van der Waals surface area (Å²) in [6.45, 7) is 3.08. The number of nitrogens with one attached hydrogen (secondary N) is 1. The van der Waals surface area contributed by atoms with Crippen molar-refractivity contribution in [3.63, 3.8) is 0 Å². The van der Waals surface area contributed by atoms with Gasteiger partial charge in [-0.3, -0.25) is 0 Å². The smallest absolute Gasteiger partial charge is 0.321 e. The van der Waals surface area contributed by atoms with E-state index in [0.29, 0.717) is 18.8 Å². The summed E-state index contributed by atoms with van der Waals surface area (Å²) >= 11 is 0. The number of rotatable bonds is 3. The van der Waals surface area contributed by atoms with Crippen molar-refractivity contribution >= 4 is 21.6 Å². The Bertz CT molecular complexity index is 900. The summed E-state index contributed by atoms with van der Waals surface area (Å²) in [5.41, 5.74) is 2.27. The number of hydrogen-bond acceptors (Lipinski definition) is 5. The second-order valence-corrected chi connectivity index (χ2v) is 8.61. The predicted molar refractivity (Wildman–Crippen MR) is 98.9 cm³/mol. The zero-order valence-electron chi connectivity index (χ0n) is 14.8. The number of amides is 2. The van der Waals surface area contributed by atoms with E-state index in [9.17, 15) is 13.2 Å². The molecule has 0 unspecified atom stereocenters. The van der Waals surface area contributed by atoms with Crippen LogP contribution in [0.4, 0.5) is 10.5 Å². The van der Waals surface area contributed by atoms with Gasteiger partial charge in [-0.1, -0.05) is 6.07 Å². The van der Waals surface area contributed by atoms with Gasteiger partial charge in [0, 0.05) is 42.8 Å². The summed E-state index contributed by atoms with van der Waals surface area (Å²) < 4.78 is 23.5. The molecule has 2 aromatic rings. The van der Waals surface area contributed by atoms with Crippen LogP contribution in [-0.4, -0.2) is 48.7 Å². The minimum Gasteiger partial charge on any atom is -0.324 e. The van der Waals surface area contributed by atoms with Crippen LogP contribution in [0.3, 0.4) is 0 Å². The van der Waals surface area contributed by atoms with Crippen LogP contribution >= 0.6 is 0 Å². The fourth-order valence-electron chi connectivity index (χ4n) is 3.11. The average Bonchev–Trinajstić information content (AvgIpc) is 2.63. The topological polar surface area (TPSA) is 92.3 Å². The van der Waals surface area contributed by atoms with E-state index in [1.807, 2.05) is 13.0 Å². The Morgan fingerprint density at radius 3 is 2.81 bits per heavy atom. The molecule has 0 saturated carbocycles. The fourth-order valence-corrected chi connectivity index (χ4v) is 3.75. The molecule has 0 bridgehead atoms. The molecule has 1 aliphatic rings. The van der Waals surface area contributed by atoms with Gasteiger partial charge in [0.1, 0.15) is 6.33 Å². The van der Waals surface area contributed by atoms with Crippen LogP contribution in [0, 0.1) is 6.92 Å². The van der Waals surface area contributed by atoms with Gasteiger partial charge < -0.3 is 10.2 Å². The van der Waals surface area contributed by atoms with Gasteiger partial charge in [-0.05, 0) is 43.5 Å². The number of aryl methyl sites for hydroxylation is 1. The number of hydrogen-bond donors (Lipinski definition) is 1. The summed E-state index contributed by atoms with van der Waals surface area (Å²) in [6.07, 6.45) is 6.25. The van der Waals surface area contributed by atoms with Crippen molar-refractivity contribution < 1.29 is 13.2 Å². The first-order chi connectivity index (χ1) is 12.3. The first kappa shape index (κ1) is 18.3. The van der Waals surface area contributed by atoms with Crippen molar-refractivity contribution in [1.29, 1.82) is 0 Å². The lowest BCUT2D eigenvalue weighted by Gasteiger charge is -2.32. The van der Waals surface area contributed by atoms with Crippen LogP contribution in [0.5, 0.6) is 0 Å². The van der Waals surface area contributed by atoms with E-state index < -0.39 is 9.84 Å². The first-order valence-electron chi connectivity index (χ1n) is 8.47. The Hall–Kier alpha value is -2.48. The molecule has 1 atom stereocenters. The number of piperidine rings is 1. The van der Waals surface area contributed by atoms with Crippen molar-refractivity contribution in [2.24, 2.45) is 0 Å². The van der Waals surface area contributed by atoms with E-state index in [4.69, 9.17) is 0 Å². The van der Waals surface area contributed by atoms with E-state index in [-0.39, 0.29) is 16.8 Å². The highest BCUT2D eigenvalue weighted by Gasteiger charge is 2.26. The minimum absolute atomic E-state index is 0.181. The monoisotopic (exact) mass is 374 g/mol. The molecule has 7 nitrogen and oxygen atoms in total. The highest BCUT2D eigenvalue weighted by atomic mass is 32.2.